The molecule has 1 saturated carbocycles. The molecule has 2 aliphatic heterocycles. The molecule has 2 unspecified atom stereocenters. The van der Waals surface area contributed by atoms with E-state index in [4.69, 9.17) is 4.42 Å². The van der Waals surface area contributed by atoms with E-state index in [1.54, 1.807) is 5.56 Å². The predicted molar refractivity (Wildman–Crippen MR) is 282 cm³/mol. The fraction of sp³-hybridized carbons (Fsp3) is 0.387. The summed E-state index contributed by atoms with van der Waals surface area (Å²) < 4.78 is 7.56. The zero-order valence-corrected chi connectivity index (χ0v) is 41.8. The number of aryl methyl sites for hydroxylation is 1. The molecule has 1 aromatic heterocycles. The molecule has 5 aliphatic rings. The number of hydrogen-bond donors (Lipinski definition) is 0. The number of rotatable bonds is 3. The number of anilines is 6. The second-order valence-electron chi connectivity index (χ2n) is 25.2. The summed E-state index contributed by atoms with van der Waals surface area (Å²) in [7, 11) is 0. The molecule has 0 amide bonds. The van der Waals surface area contributed by atoms with E-state index in [-0.39, 0.29) is 39.2 Å². The topological polar surface area (TPSA) is 19.6 Å². The summed E-state index contributed by atoms with van der Waals surface area (Å²) in [6.45, 7) is 31.1. The molecule has 2 atom stereocenters. The van der Waals surface area contributed by atoms with Crippen LogP contribution in [0.1, 0.15) is 154 Å². The Kier molecular flexibility index (Phi) is 8.49. The zero-order valence-electron chi connectivity index (χ0n) is 41.8. The van der Waals surface area contributed by atoms with E-state index in [1.165, 1.54) is 120 Å². The van der Waals surface area contributed by atoms with Crippen LogP contribution in [0.3, 0.4) is 0 Å². The van der Waals surface area contributed by atoms with Crippen molar-refractivity contribution in [3.8, 4) is 11.1 Å². The second-order valence-corrected chi connectivity index (χ2v) is 25.2. The summed E-state index contributed by atoms with van der Waals surface area (Å²) in [6, 6.07) is 43.1. The molecule has 0 radical (unpaired) electrons. The summed E-state index contributed by atoms with van der Waals surface area (Å²) in [4.78, 5) is 5.16. The molecule has 0 saturated heterocycles. The van der Waals surface area contributed by atoms with Gasteiger partial charge in [-0.3, -0.25) is 4.90 Å². The van der Waals surface area contributed by atoms with E-state index in [1.807, 2.05) is 0 Å². The van der Waals surface area contributed by atoms with Crippen LogP contribution >= 0.6 is 0 Å². The van der Waals surface area contributed by atoms with Crippen molar-refractivity contribution in [2.75, 3.05) is 9.80 Å². The van der Waals surface area contributed by atoms with Crippen molar-refractivity contribution >= 4 is 68.4 Å². The van der Waals surface area contributed by atoms with Gasteiger partial charge in [0.15, 0.2) is 0 Å². The lowest BCUT2D eigenvalue weighted by atomic mass is 9.33. The normalized spacial score (nSPS) is 22.0. The minimum absolute atomic E-state index is 0.0108. The Labute approximate surface area is 394 Å². The van der Waals surface area contributed by atoms with Gasteiger partial charge < -0.3 is 9.32 Å². The van der Waals surface area contributed by atoms with Gasteiger partial charge in [-0.25, -0.2) is 0 Å². The van der Waals surface area contributed by atoms with Crippen molar-refractivity contribution in [3.05, 3.63) is 148 Å². The van der Waals surface area contributed by atoms with Crippen molar-refractivity contribution in [2.45, 2.75) is 155 Å². The molecule has 0 N–H and O–H groups in total. The van der Waals surface area contributed by atoms with Gasteiger partial charge in [-0.15, -0.1) is 0 Å². The Morgan fingerprint density at radius 2 is 1.14 bits per heavy atom. The maximum Gasteiger partial charge on any atom is 0.257 e. The number of hydrogen-bond acceptors (Lipinski definition) is 3. The molecule has 3 aliphatic carbocycles. The molecule has 3 nitrogen and oxygen atoms in total. The fourth-order valence-corrected chi connectivity index (χ4v) is 13.5. The fourth-order valence-electron chi connectivity index (χ4n) is 13.5. The Hall–Kier alpha value is -5.48. The van der Waals surface area contributed by atoms with Crippen LogP contribution in [0.25, 0.3) is 22.1 Å². The standard InChI is InChI=1S/C62H67BN2O/c1-37-29-51-55-52(30-37)65(49-23-19-39(57(2,3)4)31-42(49)38-17-15-14-16-18-38)50-24-20-40(58(5,6)7)32-48(50)63(55)54-43-34-46-47(62(13)28-27-61(46,12)36-62)35-53(43)66-56(54)64(51)41-21-22-44-45(33-41)60(10,11)26-25-59(44,8)9/h14-24,29-35H,25-28,36H2,1-13H3. The van der Waals surface area contributed by atoms with Gasteiger partial charge in [0.1, 0.15) is 5.58 Å². The lowest BCUT2D eigenvalue weighted by molar-refractivity contribution is 0.332. The molecule has 0 spiro atoms. The number of benzene rings is 6. The van der Waals surface area contributed by atoms with Crippen LogP contribution in [0.2, 0.25) is 0 Å². The van der Waals surface area contributed by atoms with Crippen molar-refractivity contribution < 1.29 is 4.42 Å². The Morgan fingerprint density at radius 1 is 0.530 bits per heavy atom. The average molecular weight is 867 g/mol. The van der Waals surface area contributed by atoms with Crippen LogP contribution in [-0.4, -0.2) is 6.71 Å². The highest BCUT2D eigenvalue weighted by molar-refractivity contribution is 7.01. The van der Waals surface area contributed by atoms with Crippen molar-refractivity contribution in [2.24, 2.45) is 0 Å². The lowest BCUT2D eigenvalue weighted by Gasteiger charge is -2.45. The number of nitrogens with zero attached hydrogens (tertiary/aromatic N) is 2. The lowest BCUT2D eigenvalue weighted by Crippen LogP contribution is -2.61. The maximum atomic E-state index is 7.56. The summed E-state index contributed by atoms with van der Waals surface area (Å²) in [5, 5.41) is 1.27. The molecule has 12 rings (SSSR count). The maximum absolute atomic E-state index is 7.56. The summed E-state index contributed by atoms with van der Waals surface area (Å²) >= 11 is 0. The van der Waals surface area contributed by atoms with Crippen molar-refractivity contribution in [3.63, 3.8) is 0 Å². The first-order valence-electron chi connectivity index (χ1n) is 24.9. The van der Waals surface area contributed by atoms with Gasteiger partial charge in [0, 0.05) is 39.2 Å². The third kappa shape index (κ3) is 5.88. The Balaban J connectivity index is 1.20. The minimum atomic E-state index is -0.0460. The highest BCUT2D eigenvalue weighted by atomic mass is 16.4. The van der Waals surface area contributed by atoms with Gasteiger partial charge in [-0.1, -0.05) is 138 Å². The van der Waals surface area contributed by atoms with Crippen LogP contribution in [0.4, 0.5) is 34.3 Å². The molecule has 1 fully saturated rings. The molecule has 4 heteroatoms. The van der Waals surface area contributed by atoms with E-state index >= 15 is 0 Å². The van der Waals surface area contributed by atoms with E-state index in [0.717, 1.165) is 17.9 Å². The van der Waals surface area contributed by atoms with Crippen molar-refractivity contribution in [1.29, 1.82) is 0 Å². The SMILES string of the molecule is Cc1cc2c3c(c1)N(c1ccc4c(c1)C(C)(C)CCC4(C)C)c1oc4cc5c(cc4c1B3c1cc(C(C)(C)C)ccc1N2c1ccc(C(C)(C)C)cc1-c1ccccc1)C1(C)CCC5(C)C1. The third-order valence-corrected chi connectivity index (χ3v) is 17.4. The van der Waals surface area contributed by atoms with Gasteiger partial charge in [0.05, 0.1) is 5.69 Å². The van der Waals surface area contributed by atoms with Crippen molar-refractivity contribution in [1.82, 2.24) is 0 Å². The molecule has 2 bridgehead atoms. The predicted octanol–water partition coefficient (Wildman–Crippen LogP) is 15.1. The van der Waals surface area contributed by atoms with Crippen LogP contribution in [0.5, 0.6) is 0 Å². The molecule has 334 valence electrons. The van der Waals surface area contributed by atoms with Gasteiger partial charge in [-0.05, 0) is 182 Å². The molecule has 66 heavy (non-hydrogen) atoms. The molecule has 6 aromatic carbocycles. The molecule has 3 heterocycles. The van der Waals surface area contributed by atoms with E-state index < -0.39 is 0 Å². The number of furan rings is 1. The summed E-state index contributed by atoms with van der Waals surface area (Å²) in [6.07, 6.45) is 6.06. The van der Waals surface area contributed by atoms with Crippen LogP contribution < -0.4 is 26.2 Å². The highest BCUT2D eigenvalue weighted by Crippen LogP contribution is 2.61. The second kappa shape index (κ2) is 13.4. The van der Waals surface area contributed by atoms with Crippen LogP contribution in [0.15, 0.2) is 114 Å². The van der Waals surface area contributed by atoms with E-state index in [9.17, 15) is 0 Å². The minimum Gasteiger partial charge on any atom is -0.440 e. The number of fused-ring (bicyclic) bond motifs is 12. The Morgan fingerprint density at radius 3 is 1.80 bits per heavy atom. The van der Waals surface area contributed by atoms with Gasteiger partial charge in [0.25, 0.3) is 6.71 Å². The van der Waals surface area contributed by atoms with Gasteiger partial charge in [0.2, 0.25) is 5.88 Å². The zero-order chi connectivity index (χ0) is 46.2. The molecule has 7 aromatic rings. The first kappa shape index (κ1) is 41.9. The monoisotopic (exact) mass is 867 g/mol. The molecular weight excluding hydrogens is 800 g/mol. The van der Waals surface area contributed by atoms with Crippen LogP contribution in [-0.2, 0) is 32.5 Å². The third-order valence-electron chi connectivity index (χ3n) is 17.4. The molecular formula is C62H67BN2O. The van der Waals surface area contributed by atoms with Gasteiger partial charge in [-0.2, -0.15) is 0 Å². The largest absolute Gasteiger partial charge is 0.440 e. The quantitative estimate of drug-likeness (QED) is 0.165. The van der Waals surface area contributed by atoms with E-state index in [2.05, 4.69) is 209 Å². The first-order chi connectivity index (χ1) is 31.1. The average Bonchev–Trinajstić information content (AvgIpc) is 3.87. The Bertz CT molecular complexity index is 3210. The summed E-state index contributed by atoms with van der Waals surface area (Å²) in [5.74, 6) is 0.971. The summed E-state index contributed by atoms with van der Waals surface area (Å²) in [5.41, 5.74) is 23.9. The highest BCUT2D eigenvalue weighted by Gasteiger charge is 2.54. The van der Waals surface area contributed by atoms with Gasteiger partial charge >= 0.3 is 0 Å². The van der Waals surface area contributed by atoms with E-state index in [0.29, 0.717) is 0 Å². The van der Waals surface area contributed by atoms with Crippen LogP contribution in [0, 0.1) is 6.92 Å². The first-order valence-corrected chi connectivity index (χ1v) is 24.9. The smallest absolute Gasteiger partial charge is 0.257 e.